The molecule has 0 unspecified atom stereocenters. The minimum atomic E-state index is 0.542. The number of hydrogen-bond acceptors (Lipinski definition) is 2. The van der Waals surface area contributed by atoms with Crippen molar-refractivity contribution in [2.45, 2.75) is 19.9 Å². The third kappa shape index (κ3) is 3.86. The van der Waals surface area contributed by atoms with Gasteiger partial charge in [0.25, 0.3) is 0 Å². The topological polar surface area (TPSA) is 27.0 Å². The molecule has 0 heterocycles. The summed E-state index contributed by atoms with van der Waals surface area (Å²) >= 11 is 0. The van der Waals surface area contributed by atoms with Gasteiger partial charge in [-0.2, -0.15) is 5.26 Å². The molecule has 0 amide bonds. The zero-order chi connectivity index (χ0) is 13.5. The van der Waals surface area contributed by atoms with Crippen LogP contribution in [-0.2, 0) is 6.54 Å². The lowest BCUT2D eigenvalue weighted by molar-refractivity contribution is 0.797. The number of nitriles is 1. The Morgan fingerprint density at radius 3 is 2.53 bits per heavy atom. The Kier molecular flexibility index (Phi) is 4.58. The van der Waals surface area contributed by atoms with Crippen LogP contribution in [0.2, 0.25) is 0 Å². The quantitative estimate of drug-likeness (QED) is 0.804. The van der Waals surface area contributed by atoms with E-state index in [1.165, 1.54) is 16.8 Å². The van der Waals surface area contributed by atoms with E-state index in [1.807, 2.05) is 18.2 Å². The van der Waals surface area contributed by atoms with Crippen LogP contribution in [-0.4, -0.2) is 6.54 Å². The van der Waals surface area contributed by atoms with Crippen LogP contribution in [0.3, 0.4) is 0 Å². The summed E-state index contributed by atoms with van der Waals surface area (Å²) < 4.78 is 0. The van der Waals surface area contributed by atoms with Crippen molar-refractivity contribution in [2.24, 2.45) is 0 Å². The molecule has 0 radical (unpaired) electrons. The summed E-state index contributed by atoms with van der Waals surface area (Å²) in [6.45, 7) is 3.70. The molecule has 96 valence electrons. The van der Waals surface area contributed by atoms with Gasteiger partial charge >= 0.3 is 0 Å². The molecule has 2 aromatic rings. The molecular weight excluding hydrogens is 232 g/mol. The fraction of sp³-hybridized carbons (Fsp3) is 0.235. The Morgan fingerprint density at radius 1 is 1.05 bits per heavy atom. The SMILES string of the molecule is Cc1cccc(CN(CCC#N)c2ccccc2)c1. The Bertz CT molecular complexity index is 555. The average molecular weight is 250 g/mol. The zero-order valence-corrected chi connectivity index (χ0v) is 11.2. The van der Waals surface area contributed by atoms with E-state index >= 15 is 0 Å². The molecule has 0 aliphatic heterocycles. The number of anilines is 1. The monoisotopic (exact) mass is 250 g/mol. The van der Waals surface area contributed by atoms with Gasteiger partial charge in [0.2, 0.25) is 0 Å². The van der Waals surface area contributed by atoms with Crippen molar-refractivity contribution in [3.05, 3.63) is 65.7 Å². The molecule has 0 atom stereocenters. The van der Waals surface area contributed by atoms with E-state index in [9.17, 15) is 0 Å². The smallest absolute Gasteiger partial charge is 0.0640 e. The summed E-state index contributed by atoms with van der Waals surface area (Å²) in [4.78, 5) is 2.25. The first-order valence-electron chi connectivity index (χ1n) is 6.52. The minimum Gasteiger partial charge on any atom is -0.366 e. The molecule has 0 aromatic heterocycles. The molecule has 2 heteroatoms. The van der Waals surface area contributed by atoms with Crippen LogP contribution < -0.4 is 4.90 Å². The highest BCUT2D eigenvalue weighted by molar-refractivity contribution is 5.46. The predicted octanol–water partition coefficient (Wildman–Crippen LogP) is 3.92. The van der Waals surface area contributed by atoms with Crippen LogP contribution in [0.4, 0.5) is 5.69 Å². The average Bonchev–Trinajstić information content (AvgIpc) is 2.44. The van der Waals surface area contributed by atoms with Crippen molar-refractivity contribution in [3.63, 3.8) is 0 Å². The Morgan fingerprint density at radius 2 is 1.84 bits per heavy atom. The third-order valence-electron chi connectivity index (χ3n) is 3.07. The fourth-order valence-corrected chi connectivity index (χ4v) is 2.15. The van der Waals surface area contributed by atoms with Gasteiger partial charge in [0.15, 0.2) is 0 Å². The molecule has 0 fully saturated rings. The van der Waals surface area contributed by atoms with Crippen molar-refractivity contribution in [3.8, 4) is 6.07 Å². The molecule has 0 aliphatic carbocycles. The maximum Gasteiger partial charge on any atom is 0.0640 e. The van der Waals surface area contributed by atoms with Gasteiger partial charge in [-0.25, -0.2) is 0 Å². The highest BCUT2D eigenvalue weighted by Crippen LogP contribution is 2.17. The van der Waals surface area contributed by atoms with Crippen LogP contribution >= 0.6 is 0 Å². The first-order chi connectivity index (χ1) is 9.29. The van der Waals surface area contributed by atoms with E-state index in [1.54, 1.807) is 0 Å². The van der Waals surface area contributed by atoms with Gasteiger partial charge in [0, 0.05) is 18.8 Å². The summed E-state index contributed by atoms with van der Waals surface area (Å²) in [6, 6.07) is 21.0. The second-order valence-corrected chi connectivity index (χ2v) is 4.65. The largest absolute Gasteiger partial charge is 0.366 e. The number of para-hydroxylation sites is 1. The number of benzene rings is 2. The molecule has 0 bridgehead atoms. The van der Waals surface area contributed by atoms with Gasteiger partial charge in [0.05, 0.1) is 12.5 Å². The fourth-order valence-electron chi connectivity index (χ4n) is 2.15. The number of aryl methyl sites for hydroxylation is 1. The second kappa shape index (κ2) is 6.61. The van der Waals surface area contributed by atoms with E-state index in [-0.39, 0.29) is 0 Å². The predicted molar refractivity (Wildman–Crippen MR) is 78.9 cm³/mol. The molecule has 0 aliphatic rings. The summed E-state index contributed by atoms with van der Waals surface area (Å²) in [5.41, 5.74) is 3.71. The summed E-state index contributed by atoms with van der Waals surface area (Å²) in [6.07, 6.45) is 0.542. The Labute approximate surface area is 114 Å². The van der Waals surface area contributed by atoms with Crippen molar-refractivity contribution < 1.29 is 0 Å². The first-order valence-corrected chi connectivity index (χ1v) is 6.52. The molecule has 2 aromatic carbocycles. The van der Waals surface area contributed by atoms with Gasteiger partial charge in [-0.05, 0) is 24.6 Å². The van der Waals surface area contributed by atoms with Gasteiger partial charge in [-0.15, -0.1) is 0 Å². The van der Waals surface area contributed by atoms with Crippen molar-refractivity contribution in [1.82, 2.24) is 0 Å². The number of hydrogen-bond donors (Lipinski definition) is 0. The highest BCUT2D eigenvalue weighted by atomic mass is 15.1. The maximum atomic E-state index is 8.80. The molecule has 19 heavy (non-hydrogen) atoms. The normalized spacial score (nSPS) is 9.89. The van der Waals surface area contributed by atoms with Crippen LogP contribution in [0.25, 0.3) is 0 Å². The van der Waals surface area contributed by atoms with E-state index in [0.717, 1.165) is 13.1 Å². The number of nitrogens with zero attached hydrogens (tertiary/aromatic N) is 2. The maximum absolute atomic E-state index is 8.80. The molecule has 0 spiro atoms. The lowest BCUT2D eigenvalue weighted by atomic mass is 10.1. The first kappa shape index (κ1) is 13.2. The van der Waals surface area contributed by atoms with Gasteiger partial charge in [-0.1, -0.05) is 48.0 Å². The Hall–Kier alpha value is -2.27. The van der Waals surface area contributed by atoms with Crippen molar-refractivity contribution >= 4 is 5.69 Å². The molecule has 0 saturated heterocycles. The van der Waals surface area contributed by atoms with Crippen molar-refractivity contribution in [1.29, 1.82) is 5.26 Å². The van der Waals surface area contributed by atoms with Gasteiger partial charge in [-0.3, -0.25) is 0 Å². The van der Waals surface area contributed by atoms with Crippen LogP contribution in [0, 0.1) is 18.3 Å². The van der Waals surface area contributed by atoms with Gasteiger partial charge < -0.3 is 4.90 Å². The lowest BCUT2D eigenvalue weighted by Gasteiger charge is -2.24. The van der Waals surface area contributed by atoms with E-state index < -0.39 is 0 Å². The molecule has 2 rings (SSSR count). The molecule has 0 saturated carbocycles. The summed E-state index contributed by atoms with van der Waals surface area (Å²) in [5.74, 6) is 0. The zero-order valence-electron chi connectivity index (χ0n) is 11.2. The van der Waals surface area contributed by atoms with Gasteiger partial charge in [0.1, 0.15) is 0 Å². The Balaban J connectivity index is 2.17. The molecule has 0 N–H and O–H groups in total. The van der Waals surface area contributed by atoms with Crippen molar-refractivity contribution in [2.75, 3.05) is 11.4 Å². The molecular formula is C17H18N2. The lowest BCUT2D eigenvalue weighted by Crippen LogP contribution is -2.23. The summed E-state index contributed by atoms with van der Waals surface area (Å²) in [5, 5.41) is 8.80. The van der Waals surface area contributed by atoms with Crippen LogP contribution in [0.5, 0.6) is 0 Å². The summed E-state index contributed by atoms with van der Waals surface area (Å²) in [7, 11) is 0. The highest BCUT2D eigenvalue weighted by Gasteiger charge is 2.06. The second-order valence-electron chi connectivity index (χ2n) is 4.65. The number of rotatable bonds is 5. The van der Waals surface area contributed by atoms with Crippen LogP contribution in [0.1, 0.15) is 17.5 Å². The van der Waals surface area contributed by atoms with E-state index in [4.69, 9.17) is 5.26 Å². The molecule has 2 nitrogen and oxygen atoms in total. The standard InChI is InChI=1S/C17H18N2/c1-15-7-5-8-16(13-15)14-19(12-6-11-18)17-9-3-2-4-10-17/h2-5,7-10,13H,6,12,14H2,1H3. The van der Waals surface area contributed by atoms with Crippen LogP contribution in [0.15, 0.2) is 54.6 Å². The third-order valence-corrected chi connectivity index (χ3v) is 3.07. The minimum absolute atomic E-state index is 0.542. The van der Waals surface area contributed by atoms with E-state index in [2.05, 4.69) is 54.3 Å². The van der Waals surface area contributed by atoms with E-state index in [0.29, 0.717) is 6.42 Å².